The van der Waals surface area contributed by atoms with Gasteiger partial charge in [-0.15, -0.1) is 0 Å². The second kappa shape index (κ2) is 31.0. The molecule has 0 saturated carbocycles. The molecule has 206 valence electrons. The van der Waals surface area contributed by atoms with Gasteiger partial charge in [0.1, 0.15) is 0 Å². The maximum absolute atomic E-state index is 2.32. The van der Waals surface area contributed by atoms with Crippen molar-refractivity contribution in [1.82, 2.24) is 0 Å². The van der Waals surface area contributed by atoms with E-state index in [0.29, 0.717) is 0 Å². The van der Waals surface area contributed by atoms with E-state index in [1.165, 1.54) is 193 Å². The molecule has 0 heterocycles. The average Bonchev–Trinajstić information content (AvgIpc) is 2.85. The van der Waals surface area contributed by atoms with Crippen LogP contribution in [0.3, 0.4) is 0 Å². The van der Waals surface area contributed by atoms with Gasteiger partial charge in [-0.25, -0.2) is 0 Å². The summed E-state index contributed by atoms with van der Waals surface area (Å²) in [7, 11) is 0. The summed E-state index contributed by atoms with van der Waals surface area (Å²) in [6, 6.07) is 0. The highest BCUT2D eigenvalue weighted by Crippen LogP contribution is 2.25. The molecule has 0 nitrogen and oxygen atoms in total. The van der Waals surface area contributed by atoms with E-state index in [1.54, 1.807) is 0 Å². The lowest BCUT2D eigenvalue weighted by Crippen LogP contribution is -2.01. The summed E-state index contributed by atoms with van der Waals surface area (Å²) in [5, 5.41) is 0. The molecule has 0 bridgehead atoms. The van der Waals surface area contributed by atoms with Gasteiger partial charge in [-0.05, 0) is 5.92 Å². The van der Waals surface area contributed by atoms with Gasteiger partial charge >= 0.3 is 0 Å². The van der Waals surface area contributed by atoms with Crippen molar-refractivity contribution in [3.8, 4) is 0 Å². The van der Waals surface area contributed by atoms with E-state index in [9.17, 15) is 0 Å². The molecule has 0 spiro atoms. The smallest absolute Gasteiger partial charge is 0.0414 e. The first-order valence-corrected chi connectivity index (χ1v) is 16.8. The molecule has 0 aromatic heterocycles. The molecule has 34 heavy (non-hydrogen) atoms. The standard InChI is InChI=1S/C34H70/c1-4-7-10-13-16-19-22-25-28-31-34(32-29-26-23-20-17-14-11-8-5-2)33-30-27-24-21-18-15-12-9-6-3/h34H,4-33H2,1-3H3. The topological polar surface area (TPSA) is 0 Å². The normalized spacial score (nSPS) is 11.6. The van der Waals surface area contributed by atoms with Gasteiger partial charge in [0, 0.05) is 0 Å². The van der Waals surface area contributed by atoms with Crippen LogP contribution in [0.5, 0.6) is 0 Å². The highest BCUT2D eigenvalue weighted by Gasteiger charge is 2.09. The summed E-state index contributed by atoms with van der Waals surface area (Å²) in [6.07, 6.45) is 44.3. The fourth-order valence-corrected chi connectivity index (χ4v) is 5.66. The van der Waals surface area contributed by atoms with Crippen LogP contribution in [0.1, 0.15) is 213 Å². The lowest BCUT2D eigenvalue weighted by atomic mass is 9.89. The van der Waals surface area contributed by atoms with Crippen LogP contribution in [0.4, 0.5) is 0 Å². The van der Waals surface area contributed by atoms with Crippen LogP contribution in [0.2, 0.25) is 0 Å². The van der Waals surface area contributed by atoms with E-state index in [0.717, 1.165) is 5.92 Å². The van der Waals surface area contributed by atoms with Crippen LogP contribution < -0.4 is 0 Å². The second-order valence-corrected chi connectivity index (χ2v) is 11.7. The van der Waals surface area contributed by atoms with E-state index in [1.807, 2.05) is 0 Å². The fourth-order valence-electron chi connectivity index (χ4n) is 5.66. The van der Waals surface area contributed by atoms with Gasteiger partial charge in [-0.2, -0.15) is 0 Å². The third kappa shape index (κ3) is 28.2. The zero-order chi connectivity index (χ0) is 24.8. The maximum Gasteiger partial charge on any atom is -0.0414 e. The number of unbranched alkanes of at least 4 members (excludes halogenated alkanes) is 24. The Morgan fingerprint density at radius 2 is 0.412 bits per heavy atom. The van der Waals surface area contributed by atoms with Crippen LogP contribution in [-0.4, -0.2) is 0 Å². The van der Waals surface area contributed by atoms with Crippen molar-refractivity contribution in [2.75, 3.05) is 0 Å². The molecule has 0 heteroatoms. The summed E-state index contributed by atoms with van der Waals surface area (Å²) in [5.41, 5.74) is 0. The highest BCUT2D eigenvalue weighted by molar-refractivity contribution is 4.62. The Bertz CT molecular complexity index is 281. The minimum atomic E-state index is 1.04. The lowest BCUT2D eigenvalue weighted by molar-refractivity contribution is 0.365. The largest absolute Gasteiger partial charge is 0.0654 e. The molecule has 0 rings (SSSR count). The van der Waals surface area contributed by atoms with Crippen molar-refractivity contribution in [3.63, 3.8) is 0 Å². The summed E-state index contributed by atoms with van der Waals surface area (Å²) in [6.45, 7) is 6.96. The maximum atomic E-state index is 2.32. The van der Waals surface area contributed by atoms with Gasteiger partial charge in [-0.3, -0.25) is 0 Å². The van der Waals surface area contributed by atoms with Gasteiger partial charge in [-0.1, -0.05) is 213 Å². The minimum absolute atomic E-state index is 1.04. The van der Waals surface area contributed by atoms with Crippen LogP contribution in [0, 0.1) is 5.92 Å². The van der Waals surface area contributed by atoms with Crippen molar-refractivity contribution in [2.45, 2.75) is 213 Å². The number of rotatable bonds is 30. The molecule has 0 atom stereocenters. The first kappa shape index (κ1) is 34.0. The summed E-state index contributed by atoms with van der Waals surface area (Å²) in [5.74, 6) is 1.04. The van der Waals surface area contributed by atoms with Gasteiger partial charge in [0.2, 0.25) is 0 Å². The van der Waals surface area contributed by atoms with Crippen molar-refractivity contribution >= 4 is 0 Å². The van der Waals surface area contributed by atoms with Crippen LogP contribution in [0.15, 0.2) is 0 Å². The molecular weight excluding hydrogens is 408 g/mol. The summed E-state index contributed by atoms with van der Waals surface area (Å²) >= 11 is 0. The van der Waals surface area contributed by atoms with Crippen LogP contribution in [-0.2, 0) is 0 Å². The molecule has 0 N–H and O–H groups in total. The first-order chi connectivity index (χ1) is 16.8. The van der Waals surface area contributed by atoms with Crippen LogP contribution >= 0.6 is 0 Å². The van der Waals surface area contributed by atoms with E-state index >= 15 is 0 Å². The van der Waals surface area contributed by atoms with E-state index < -0.39 is 0 Å². The second-order valence-electron chi connectivity index (χ2n) is 11.7. The van der Waals surface area contributed by atoms with Crippen molar-refractivity contribution in [2.24, 2.45) is 5.92 Å². The SMILES string of the molecule is CCCCCCCCCCCC(CCCCCCCCCCC)CCCCCCCCCCC. The van der Waals surface area contributed by atoms with Gasteiger partial charge < -0.3 is 0 Å². The Morgan fingerprint density at radius 3 is 0.618 bits per heavy atom. The monoisotopic (exact) mass is 479 g/mol. The van der Waals surface area contributed by atoms with Gasteiger partial charge in [0.05, 0.1) is 0 Å². The molecule has 0 saturated heterocycles. The third-order valence-corrected chi connectivity index (χ3v) is 8.15. The van der Waals surface area contributed by atoms with Crippen molar-refractivity contribution in [1.29, 1.82) is 0 Å². The number of hydrogen-bond acceptors (Lipinski definition) is 0. The quantitative estimate of drug-likeness (QED) is 0.0900. The summed E-state index contributed by atoms with van der Waals surface area (Å²) < 4.78 is 0. The lowest BCUT2D eigenvalue weighted by Gasteiger charge is -2.17. The molecular formula is C34H70. The zero-order valence-electron chi connectivity index (χ0n) is 24.8. The van der Waals surface area contributed by atoms with Gasteiger partial charge in [0.25, 0.3) is 0 Å². The molecule has 0 aliphatic heterocycles. The average molecular weight is 479 g/mol. The number of hydrogen-bond donors (Lipinski definition) is 0. The molecule has 0 unspecified atom stereocenters. The Kier molecular flexibility index (Phi) is 31.0. The van der Waals surface area contributed by atoms with Crippen LogP contribution in [0.25, 0.3) is 0 Å². The van der Waals surface area contributed by atoms with E-state index in [4.69, 9.17) is 0 Å². The molecule has 0 aromatic rings. The Labute approximate surface area is 219 Å². The van der Waals surface area contributed by atoms with Crippen molar-refractivity contribution in [3.05, 3.63) is 0 Å². The van der Waals surface area contributed by atoms with Gasteiger partial charge in [0.15, 0.2) is 0 Å². The fraction of sp³-hybridized carbons (Fsp3) is 1.00. The molecule has 0 aromatic carbocycles. The Hall–Kier alpha value is 0. The molecule has 0 aliphatic carbocycles. The first-order valence-electron chi connectivity index (χ1n) is 16.8. The predicted octanol–water partition coefficient (Wildman–Crippen LogP) is 13.4. The summed E-state index contributed by atoms with van der Waals surface area (Å²) in [4.78, 5) is 0. The van der Waals surface area contributed by atoms with E-state index in [2.05, 4.69) is 20.8 Å². The molecule has 0 aliphatic rings. The minimum Gasteiger partial charge on any atom is -0.0654 e. The zero-order valence-corrected chi connectivity index (χ0v) is 24.8. The predicted molar refractivity (Wildman–Crippen MR) is 159 cm³/mol. The van der Waals surface area contributed by atoms with Crippen molar-refractivity contribution < 1.29 is 0 Å². The molecule has 0 radical (unpaired) electrons. The molecule has 0 fully saturated rings. The third-order valence-electron chi connectivity index (χ3n) is 8.15. The highest BCUT2D eigenvalue weighted by atomic mass is 14.1. The molecule has 0 amide bonds. The van der Waals surface area contributed by atoms with E-state index in [-0.39, 0.29) is 0 Å². The Morgan fingerprint density at radius 1 is 0.235 bits per heavy atom. The Balaban J connectivity index is 3.85.